The highest BCUT2D eigenvalue weighted by Crippen LogP contribution is 2.15. The summed E-state index contributed by atoms with van der Waals surface area (Å²) in [6.45, 7) is 1.71. The standard InChI is InChI=1S/C13H14ClN3O2/c1-9(18)12-5-6-17(16-12)8-13(19)15-11-4-2-3-10(14)7-11/h2-7,9,18H,8H2,1H3,(H,15,19). The molecule has 0 saturated heterocycles. The molecule has 2 N–H and O–H groups in total. The number of aliphatic hydroxyl groups is 1. The van der Waals surface area contributed by atoms with Crippen molar-refractivity contribution in [2.24, 2.45) is 0 Å². The molecular formula is C13H14ClN3O2. The molecule has 19 heavy (non-hydrogen) atoms. The van der Waals surface area contributed by atoms with Gasteiger partial charge in [0, 0.05) is 16.9 Å². The maximum Gasteiger partial charge on any atom is 0.246 e. The van der Waals surface area contributed by atoms with Gasteiger partial charge in [-0.25, -0.2) is 0 Å². The van der Waals surface area contributed by atoms with Crippen LogP contribution < -0.4 is 5.32 Å². The first-order chi connectivity index (χ1) is 9.04. The van der Waals surface area contributed by atoms with Gasteiger partial charge in [-0.05, 0) is 31.2 Å². The molecule has 0 radical (unpaired) electrons. The predicted octanol–water partition coefficient (Wildman–Crippen LogP) is 2.23. The average molecular weight is 280 g/mol. The molecule has 0 fully saturated rings. The minimum absolute atomic E-state index is 0.0826. The number of anilines is 1. The number of aliphatic hydroxyl groups excluding tert-OH is 1. The molecule has 0 bridgehead atoms. The third kappa shape index (κ3) is 3.81. The van der Waals surface area contributed by atoms with Crippen molar-refractivity contribution in [1.29, 1.82) is 0 Å². The molecular weight excluding hydrogens is 266 g/mol. The summed E-state index contributed by atoms with van der Waals surface area (Å²) >= 11 is 5.83. The number of hydrogen-bond acceptors (Lipinski definition) is 3. The predicted molar refractivity (Wildman–Crippen MR) is 72.9 cm³/mol. The average Bonchev–Trinajstić information content (AvgIpc) is 2.77. The molecule has 1 amide bonds. The van der Waals surface area contributed by atoms with E-state index in [1.165, 1.54) is 4.68 Å². The number of halogens is 1. The van der Waals surface area contributed by atoms with E-state index in [-0.39, 0.29) is 12.5 Å². The zero-order chi connectivity index (χ0) is 13.8. The van der Waals surface area contributed by atoms with Crippen LogP contribution in [0.15, 0.2) is 36.5 Å². The Morgan fingerprint density at radius 3 is 2.95 bits per heavy atom. The summed E-state index contributed by atoms with van der Waals surface area (Å²) in [6.07, 6.45) is 1.01. The Labute approximate surface area is 115 Å². The first-order valence-corrected chi connectivity index (χ1v) is 6.19. The lowest BCUT2D eigenvalue weighted by Gasteiger charge is -2.05. The first kappa shape index (κ1) is 13.6. The highest BCUT2D eigenvalue weighted by atomic mass is 35.5. The van der Waals surface area contributed by atoms with Crippen molar-refractivity contribution in [3.05, 3.63) is 47.2 Å². The Morgan fingerprint density at radius 1 is 1.53 bits per heavy atom. The highest BCUT2D eigenvalue weighted by Gasteiger charge is 2.08. The van der Waals surface area contributed by atoms with Crippen molar-refractivity contribution in [2.75, 3.05) is 5.32 Å². The summed E-state index contributed by atoms with van der Waals surface area (Å²) in [7, 11) is 0. The van der Waals surface area contributed by atoms with E-state index < -0.39 is 6.10 Å². The van der Waals surface area contributed by atoms with E-state index >= 15 is 0 Å². The SMILES string of the molecule is CC(O)c1ccn(CC(=O)Nc2cccc(Cl)c2)n1. The third-order valence-corrected chi connectivity index (χ3v) is 2.74. The van der Waals surface area contributed by atoms with Crippen molar-refractivity contribution in [3.8, 4) is 0 Å². The molecule has 2 rings (SSSR count). The number of carbonyl (C=O) groups excluding carboxylic acids is 1. The van der Waals surface area contributed by atoms with Gasteiger partial charge in [0.15, 0.2) is 0 Å². The van der Waals surface area contributed by atoms with Crippen LogP contribution in [0.1, 0.15) is 18.7 Å². The lowest BCUT2D eigenvalue weighted by molar-refractivity contribution is -0.116. The molecule has 0 aliphatic rings. The smallest absolute Gasteiger partial charge is 0.246 e. The van der Waals surface area contributed by atoms with E-state index in [1.807, 2.05) is 0 Å². The fraction of sp³-hybridized carbons (Fsp3) is 0.231. The van der Waals surface area contributed by atoms with Crippen LogP contribution >= 0.6 is 11.6 Å². The second kappa shape index (κ2) is 5.86. The number of nitrogens with zero attached hydrogens (tertiary/aromatic N) is 2. The second-order valence-electron chi connectivity index (χ2n) is 4.17. The number of rotatable bonds is 4. The summed E-state index contributed by atoms with van der Waals surface area (Å²) in [5.41, 5.74) is 1.18. The number of carbonyl (C=O) groups is 1. The maximum atomic E-state index is 11.8. The minimum Gasteiger partial charge on any atom is -0.387 e. The summed E-state index contributed by atoms with van der Waals surface area (Å²) < 4.78 is 1.47. The van der Waals surface area contributed by atoms with E-state index in [0.717, 1.165) is 0 Å². The van der Waals surface area contributed by atoms with Gasteiger partial charge in [-0.15, -0.1) is 0 Å². The van der Waals surface area contributed by atoms with E-state index in [4.69, 9.17) is 11.6 Å². The number of benzene rings is 1. The van der Waals surface area contributed by atoms with Gasteiger partial charge in [-0.3, -0.25) is 9.48 Å². The lowest BCUT2D eigenvalue weighted by Crippen LogP contribution is -2.19. The summed E-state index contributed by atoms with van der Waals surface area (Å²) in [4.78, 5) is 11.8. The van der Waals surface area contributed by atoms with E-state index in [2.05, 4.69) is 10.4 Å². The molecule has 0 aliphatic heterocycles. The van der Waals surface area contributed by atoms with E-state index in [0.29, 0.717) is 16.4 Å². The van der Waals surface area contributed by atoms with Gasteiger partial charge in [0.1, 0.15) is 6.54 Å². The first-order valence-electron chi connectivity index (χ1n) is 5.81. The van der Waals surface area contributed by atoms with Gasteiger partial charge in [-0.2, -0.15) is 5.10 Å². The van der Waals surface area contributed by atoms with Gasteiger partial charge in [0.05, 0.1) is 11.8 Å². The van der Waals surface area contributed by atoms with Crippen molar-refractivity contribution < 1.29 is 9.90 Å². The summed E-state index contributed by atoms with van der Waals surface area (Å²) in [5.74, 6) is -0.206. The van der Waals surface area contributed by atoms with Crippen molar-refractivity contribution in [2.45, 2.75) is 19.6 Å². The molecule has 0 aliphatic carbocycles. The number of aromatic nitrogens is 2. The monoisotopic (exact) mass is 279 g/mol. The van der Waals surface area contributed by atoms with Crippen LogP contribution in [0, 0.1) is 0 Å². The molecule has 1 aromatic carbocycles. The topological polar surface area (TPSA) is 67.2 Å². The minimum atomic E-state index is -0.641. The molecule has 1 unspecified atom stereocenters. The van der Waals surface area contributed by atoms with Crippen LogP contribution in [0.5, 0.6) is 0 Å². The third-order valence-electron chi connectivity index (χ3n) is 2.50. The molecule has 100 valence electrons. The molecule has 1 atom stereocenters. The molecule has 1 heterocycles. The number of nitrogens with one attached hydrogen (secondary N) is 1. The largest absolute Gasteiger partial charge is 0.387 e. The van der Waals surface area contributed by atoms with Gasteiger partial charge in [-0.1, -0.05) is 17.7 Å². The van der Waals surface area contributed by atoms with Gasteiger partial charge in [0.2, 0.25) is 5.91 Å². The van der Waals surface area contributed by atoms with Crippen LogP contribution in [-0.4, -0.2) is 20.8 Å². The molecule has 0 saturated carbocycles. The zero-order valence-electron chi connectivity index (χ0n) is 10.4. The summed E-state index contributed by atoms with van der Waals surface area (Å²) in [5, 5.41) is 16.7. The molecule has 2 aromatic rings. The molecule has 0 spiro atoms. The second-order valence-corrected chi connectivity index (χ2v) is 4.61. The van der Waals surface area contributed by atoms with Gasteiger partial charge >= 0.3 is 0 Å². The van der Waals surface area contributed by atoms with E-state index in [9.17, 15) is 9.90 Å². The maximum absolute atomic E-state index is 11.8. The Balaban J connectivity index is 1.97. The lowest BCUT2D eigenvalue weighted by atomic mass is 10.3. The van der Waals surface area contributed by atoms with Crippen LogP contribution in [0.4, 0.5) is 5.69 Å². The Morgan fingerprint density at radius 2 is 2.32 bits per heavy atom. The highest BCUT2D eigenvalue weighted by molar-refractivity contribution is 6.30. The Hall–Kier alpha value is -1.85. The summed E-state index contributed by atoms with van der Waals surface area (Å²) in [6, 6.07) is 8.60. The Bertz CT molecular complexity index is 581. The fourth-order valence-corrected chi connectivity index (χ4v) is 1.79. The molecule has 1 aromatic heterocycles. The molecule has 6 heteroatoms. The van der Waals surface area contributed by atoms with Crippen molar-refractivity contribution in [3.63, 3.8) is 0 Å². The Kier molecular flexibility index (Phi) is 4.19. The van der Waals surface area contributed by atoms with Gasteiger partial charge < -0.3 is 10.4 Å². The van der Waals surface area contributed by atoms with Crippen LogP contribution in [0.3, 0.4) is 0 Å². The zero-order valence-corrected chi connectivity index (χ0v) is 11.1. The van der Waals surface area contributed by atoms with Crippen molar-refractivity contribution >= 4 is 23.2 Å². The van der Waals surface area contributed by atoms with Crippen LogP contribution in [0.25, 0.3) is 0 Å². The van der Waals surface area contributed by atoms with Crippen molar-refractivity contribution in [1.82, 2.24) is 9.78 Å². The quantitative estimate of drug-likeness (QED) is 0.902. The van der Waals surface area contributed by atoms with Gasteiger partial charge in [0.25, 0.3) is 0 Å². The number of amides is 1. The van der Waals surface area contributed by atoms with Crippen LogP contribution in [0.2, 0.25) is 5.02 Å². The van der Waals surface area contributed by atoms with Crippen LogP contribution in [-0.2, 0) is 11.3 Å². The molecule has 5 nitrogen and oxygen atoms in total. The fourth-order valence-electron chi connectivity index (χ4n) is 1.60. The van der Waals surface area contributed by atoms with E-state index in [1.54, 1.807) is 43.5 Å². The normalized spacial score (nSPS) is 12.2. The number of hydrogen-bond donors (Lipinski definition) is 2.